The van der Waals surface area contributed by atoms with Gasteiger partial charge in [0, 0.05) is 6.54 Å². The van der Waals surface area contributed by atoms with Crippen molar-refractivity contribution in [1.29, 1.82) is 0 Å². The second-order valence-corrected chi connectivity index (χ2v) is 7.10. The highest BCUT2D eigenvalue weighted by Crippen LogP contribution is 2.12. The number of benzene rings is 2. The molecule has 1 N–H and O–H groups in total. The number of hydrogen-bond acceptors (Lipinski definition) is 4. The predicted molar refractivity (Wildman–Crippen MR) is 90.2 cm³/mol. The largest absolute Gasteiger partial charge is 0.494 e. The Morgan fingerprint density at radius 1 is 0.800 bits per heavy atom. The molecule has 0 radical (unpaired) electrons. The van der Waals surface area contributed by atoms with Gasteiger partial charge in [-0.1, -0.05) is 0 Å². The van der Waals surface area contributed by atoms with Gasteiger partial charge in [0.05, 0.1) is 12.4 Å². The van der Waals surface area contributed by atoms with Gasteiger partial charge in [-0.15, -0.1) is 0 Å². The molecule has 2 aromatic rings. The van der Waals surface area contributed by atoms with E-state index in [0.29, 0.717) is 24.5 Å². The Balaban J connectivity index is 1.60. The normalized spacial score (nSPS) is 11.3. The van der Waals surface area contributed by atoms with Crippen LogP contribution in [-0.2, 0) is 10.0 Å². The molecule has 0 spiro atoms. The Kier molecular flexibility index (Phi) is 7.15. The SMILES string of the molecule is O=S(=O)(CCOc1ccc(F)cc1)NCCCOc1ccc(F)cc1. The van der Waals surface area contributed by atoms with E-state index in [4.69, 9.17) is 9.47 Å². The van der Waals surface area contributed by atoms with Crippen LogP contribution in [0.3, 0.4) is 0 Å². The molecule has 8 heteroatoms. The maximum atomic E-state index is 12.7. The number of halogens is 2. The second-order valence-electron chi connectivity index (χ2n) is 5.17. The molecular weight excluding hydrogens is 352 g/mol. The van der Waals surface area contributed by atoms with Crippen molar-refractivity contribution >= 4 is 10.0 Å². The van der Waals surface area contributed by atoms with E-state index in [1.807, 2.05) is 0 Å². The molecule has 0 amide bonds. The second kappa shape index (κ2) is 9.33. The highest BCUT2D eigenvalue weighted by molar-refractivity contribution is 7.89. The van der Waals surface area contributed by atoms with Crippen LogP contribution in [0.4, 0.5) is 8.78 Å². The Labute approximate surface area is 145 Å². The molecule has 0 fully saturated rings. The van der Waals surface area contributed by atoms with Crippen molar-refractivity contribution < 1.29 is 26.7 Å². The van der Waals surface area contributed by atoms with Crippen LogP contribution in [0, 0.1) is 11.6 Å². The number of nitrogens with one attached hydrogen (secondary N) is 1. The van der Waals surface area contributed by atoms with Gasteiger partial charge in [-0.05, 0) is 55.0 Å². The smallest absolute Gasteiger partial charge is 0.214 e. The highest BCUT2D eigenvalue weighted by atomic mass is 32.2. The van der Waals surface area contributed by atoms with Gasteiger partial charge < -0.3 is 9.47 Å². The molecule has 5 nitrogen and oxygen atoms in total. The number of rotatable bonds is 10. The van der Waals surface area contributed by atoms with Crippen LogP contribution in [0.1, 0.15) is 6.42 Å². The molecule has 2 rings (SSSR count). The van der Waals surface area contributed by atoms with Crippen LogP contribution < -0.4 is 14.2 Å². The summed E-state index contributed by atoms with van der Waals surface area (Å²) in [6.07, 6.45) is 0.468. The third kappa shape index (κ3) is 7.49. The van der Waals surface area contributed by atoms with E-state index < -0.39 is 10.0 Å². The average molecular weight is 371 g/mol. The van der Waals surface area contributed by atoms with E-state index in [2.05, 4.69) is 4.72 Å². The molecule has 0 heterocycles. The summed E-state index contributed by atoms with van der Waals surface area (Å²) in [6, 6.07) is 10.9. The minimum atomic E-state index is -3.46. The summed E-state index contributed by atoms with van der Waals surface area (Å²) in [7, 11) is -3.46. The fourth-order valence-corrected chi connectivity index (χ4v) is 2.80. The lowest BCUT2D eigenvalue weighted by molar-refractivity contribution is 0.311. The molecule has 2 aromatic carbocycles. The summed E-state index contributed by atoms with van der Waals surface area (Å²) in [5.74, 6) is -0.00265. The van der Waals surface area contributed by atoms with E-state index in [1.165, 1.54) is 48.5 Å². The van der Waals surface area contributed by atoms with Crippen molar-refractivity contribution in [2.24, 2.45) is 0 Å². The summed E-state index contributed by atoms with van der Waals surface area (Å²) in [5, 5.41) is 0. The molecular formula is C17H19F2NO4S. The van der Waals surface area contributed by atoms with Gasteiger partial charge in [0.15, 0.2) is 0 Å². The standard InChI is InChI=1S/C17H19F2NO4S/c18-14-2-6-16(7-3-14)23-11-1-10-20-25(21,22)13-12-24-17-8-4-15(19)5-9-17/h2-9,20H,1,10-13H2. The predicted octanol–water partition coefficient (Wildman–Crippen LogP) is 2.73. The monoisotopic (exact) mass is 371 g/mol. The summed E-state index contributed by atoms with van der Waals surface area (Å²) in [4.78, 5) is 0. The van der Waals surface area contributed by atoms with Gasteiger partial charge in [-0.2, -0.15) is 0 Å². The van der Waals surface area contributed by atoms with E-state index in [0.717, 1.165) is 0 Å². The number of sulfonamides is 1. The number of hydrogen-bond donors (Lipinski definition) is 1. The molecule has 0 saturated heterocycles. The van der Waals surface area contributed by atoms with Crippen molar-refractivity contribution in [3.8, 4) is 11.5 Å². The first-order valence-electron chi connectivity index (χ1n) is 7.69. The lowest BCUT2D eigenvalue weighted by atomic mass is 10.3. The van der Waals surface area contributed by atoms with Crippen molar-refractivity contribution in [2.45, 2.75) is 6.42 Å². The maximum absolute atomic E-state index is 12.7. The van der Waals surface area contributed by atoms with Crippen molar-refractivity contribution in [3.05, 3.63) is 60.2 Å². The Morgan fingerprint density at radius 2 is 1.28 bits per heavy atom. The first-order valence-corrected chi connectivity index (χ1v) is 9.34. The molecule has 0 bridgehead atoms. The molecule has 25 heavy (non-hydrogen) atoms. The molecule has 0 aliphatic rings. The van der Waals surface area contributed by atoms with Crippen molar-refractivity contribution in [1.82, 2.24) is 4.72 Å². The van der Waals surface area contributed by atoms with Gasteiger partial charge >= 0.3 is 0 Å². The fraction of sp³-hybridized carbons (Fsp3) is 0.294. The summed E-state index contributed by atoms with van der Waals surface area (Å²) < 4.78 is 62.2. The highest BCUT2D eigenvalue weighted by Gasteiger charge is 2.10. The average Bonchev–Trinajstić information content (AvgIpc) is 2.58. The third-order valence-corrected chi connectivity index (χ3v) is 4.51. The first-order chi connectivity index (χ1) is 11.9. The Morgan fingerprint density at radius 3 is 1.80 bits per heavy atom. The van der Waals surface area contributed by atoms with Crippen LogP contribution in [0.5, 0.6) is 11.5 Å². The van der Waals surface area contributed by atoms with E-state index in [1.54, 1.807) is 0 Å². The van der Waals surface area contributed by atoms with Gasteiger partial charge in [-0.3, -0.25) is 0 Å². The zero-order chi connectivity index (χ0) is 18.1. The van der Waals surface area contributed by atoms with E-state index in [9.17, 15) is 17.2 Å². The minimum Gasteiger partial charge on any atom is -0.494 e. The van der Waals surface area contributed by atoms with E-state index >= 15 is 0 Å². The fourth-order valence-electron chi connectivity index (χ4n) is 1.89. The van der Waals surface area contributed by atoms with Crippen LogP contribution in [-0.4, -0.2) is 33.9 Å². The maximum Gasteiger partial charge on any atom is 0.214 e. The van der Waals surface area contributed by atoms with Crippen molar-refractivity contribution in [3.63, 3.8) is 0 Å². The lowest BCUT2D eigenvalue weighted by Gasteiger charge is -2.09. The number of ether oxygens (including phenoxy) is 2. The van der Waals surface area contributed by atoms with Crippen LogP contribution >= 0.6 is 0 Å². The van der Waals surface area contributed by atoms with Crippen LogP contribution in [0.15, 0.2) is 48.5 Å². The molecule has 0 unspecified atom stereocenters. The summed E-state index contributed by atoms with van der Waals surface area (Å²) in [5.41, 5.74) is 0. The summed E-state index contributed by atoms with van der Waals surface area (Å²) >= 11 is 0. The third-order valence-electron chi connectivity index (χ3n) is 3.16. The molecule has 0 atom stereocenters. The zero-order valence-electron chi connectivity index (χ0n) is 13.5. The minimum absolute atomic E-state index is 0.0347. The van der Waals surface area contributed by atoms with Gasteiger partial charge in [-0.25, -0.2) is 21.9 Å². The van der Waals surface area contributed by atoms with E-state index in [-0.39, 0.29) is 30.5 Å². The lowest BCUT2D eigenvalue weighted by Crippen LogP contribution is -2.30. The molecule has 136 valence electrons. The zero-order valence-corrected chi connectivity index (χ0v) is 14.3. The first kappa shape index (κ1) is 19.1. The van der Waals surface area contributed by atoms with Crippen LogP contribution in [0.25, 0.3) is 0 Å². The summed E-state index contributed by atoms with van der Waals surface area (Å²) in [6.45, 7) is 0.493. The molecule has 0 aliphatic heterocycles. The van der Waals surface area contributed by atoms with Crippen molar-refractivity contribution in [2.75, 3.05) is 25.5 Å². The Bertz CT molecular complexity index is 749. The van der Waals surface area contributed by atoms with Gasteiger partial charge in [0.25, 0.3) is 0 Å². The quantitative estimate of drug-likeness (QED) is 0.653. The molecule has 0 aliphatic carbocycles. The topological polar surface area (TPSA) is 64.6 Å². The molecule has 0 aromatic heterocycles. The van der Waals surface area contributed by atoms with Crippen LogP contribution in [0.2, 0.25) is 0 Å². The van der Waals surface area contributed by atoms with Gasteiger partial charge in [0.1, 0.15) is 29.7 Å². The molecule has 0 saturated carbocycles. The Hall–Kier alpha value is -2.19. The van der Waals surface area contributed by atoms with Gasteiger partial charge in [0.2, 0.25) is 10.0 Å².